The number of nitrogens with one attached hydrogen (secondary N) is 2. The molecule has 1 atom stereocenters. The summed E-state index contributed by atoms with van der Waals surface area (Å²) in [6, 6.07) is 3.43. The number of carbonyl (C=O) groups excluding carboxylic acids is 1. The smallest absolute Gasteiger partial charge is 0.238 e. The molecule has 110 valence electrons. The molecule has 2 N–H and O–H groups in total. The summed E-state index contributed by atoms with van der Waals surface area (Å²) >= 11 is 17.9. The summed E-state index contributed by atoms with van der Waals surface area (Å²) < 4.78 is 0. The lowest BCUT2D eigenvalue weighted by Gasteiger charge is -2.33. The first kappa shape index (κ1) is 15.9. The van der Waals surface area contributed by atoms with Crippen LogP contribution in [-0.2, 0) is 4.79 Å². The molecule has 0 radical (unpaired) electrons. The zero-order valence-corrected chi connectivity index (χ0v) is 13.3. The minimum absolute atomic E-state index is 0.134. The summed E-state index contributed by atoms with van der Waals surface area (Å²) in [5, 5.41) is 7.14. The van der Waals surface area contributed by atoms with Gasteiger partial charge in [-0.2, -0.15) is 0 Å². The lowest BCUT2D eigenvalue weighted by Crippen LogP contribution is -2.52. The maximum absolute atomic E-state index is 12.1. The Morgan fingerprint density at radius 1 is 1.40 bits per heavy atom. The van der Waals surface area contributed by atoms with E-state index in [4.69, 9.17) is 34.8 Å². The van der Waals surface area contributed by atoms with Crippen LogP contribution in [0.2, 0.25) is 15.1 Å². The maximum atomic E-state index is 12.1. The van der Waals surface area contributed by atoms with E-state index in [1.165, 1.54) is 0 Å². The molecule has 20 heavy (non-hydrogen) atoms. The maximum Gasteiger partial charge on any atom is 0.238 e. The van der Waals surface area contributed by atoms with Crippen LogP contribution in [0.4, 0.5) is 5.69 Å². The highest BCUT2D eigenvalue weighted by atomic mass is 35.5. The Balaban J connectivity index is 2.01. The molecule has 0 aromatic heterocycles. The van der Waals surface area contributed by atoms with Gasteiger partial charge < -0.3 is 10.6 Å². The van der Waals surface area contributed by atoms with Crippen molar-refractivity contribution in [3.63, 3.8) is 0 Å². The van der Waals surface area contributed by atoms with Gasteiger partial charge in [0.1, 0.15) is 0 Å². The first-order valence-electron chi connectivity index (χ1n) is 6.36. The van der Waals surface area contributed by atoms with E-state index in [9.17, 15) is 4.79 Å². The van der Waals surface area contributed by atoms with Crippen molar-refractivity contribution in [1.29, 1.82) is 0 Å². The zero-order valence-electron chi connectivity index (χ0n) is 11.0. The molecule has 0 bridgehead atoms. The van der Waals surface area contributed by atoms with E-state index < -0.39 is 0 Å². The Kier molecular flexibility index (Phi) is 5.52. The summed E-state index contributed by atoms with van der Waals surface area (Å²) in [4.78, 5) is 14.2. The van der Waals surface area contributed by atoms with Crippen molar-refractivity contribution in [2.45, 2.75) is 13.0 Å². The minimum atomic E-state index is -0.134. The molecule has 1 aromatic carbocycles. The van der Waals surface area contributed by atoms with Gasteiger partial charge in [-0.15, -0.1) is 0 Å². The third-order valence-electron chi connectivity index (χ3n) is 3.26. The van der Waals surface area contributed by atoms with Gasteiger partial charge in [0.2, 0.25) is 5.91 Å². The molecule has 1 unspecified atom stereocenters. The monoisotopic (exact) mass is 335 g/mol. The number of hydrogen-bond acceptors (Lipinski definition) is 3. The second-order valence-corrected chi connectivity index (χ2v) is 6.07. The average molecular weight is 337 g/mol. The summed E-state index contributed by atoms with van der Waals surface area (Å²) in [6.45, 7) is 5.02. The average Bonchev–Trinajstić information content (AvgIpc) is 2.36. The molecular formula is C13H16Cl3N3O. The third-order valence-corrected chi connectivity index (χ3v) is 4.07. The van der Waals surface area contributed by atoms with Crippen molar-refractivity contribution in [2.24, 2.45) is 0 Å². The molecule has 0 saturated carbocycles. The Hall–Kier alpha value is -0.520. The molecule has 1 aliphatic rings. The summed E-state index contributed by atoms with van der Waals surface area (Å²) in [5.41, 5.74) is 0.408. The van der Waals surface area contributed by atoms with Gasteiger partial charge in [0.15, 0.2) is 0 Å². The van der Waals surface area contributed by atoms with Crippen molar-refractivity contribution < 1.29 is 4.79 Å². The van der Waals surface area contributed by atoms with Crippen molar-refractivity contribution >= 4 is 46.4 Å². The largest absolute Gasteiger partial charge is 0.322 e. The molecule has 1 aliphatic heterocycles. The van der Waals surface area contributed by atoms with Crippen LogP contribution in [0.1, 0.15) is 6.92 Å². The lowest BCUT2D eigenvalue weighted by atomic mass is 10.2. The van der Waals surface area contributed by atoms with E-state index in [1.807, 2.05) is 0 Å². The number of benzene rings is 1. The number of piperazine rings is 1. The van der Waals surface area contributed by atoms with Gasteiger partial charge >= 0.3 is 0 Å². The van der Waals surface area contributed by atoms with Gasteiger partial charge in [0, 0.05) is 30.7 Å². The molecule has 1 heterocycles. The molecule has 2 rings (SSSR count). The highest BCUT2D eigenvalue weighted by Crippen LogP contribution is 2.33. The molecule has 7 heteroatoms. The number of amides is 1. The number of rotatable bonds is 3. The third kappa shape index (κ3) is 3.99. The second kappa shape index (κ2) is 6.96. The fraction of sp³-hybridized carbons (Fsp3) is 0.462. The van der Waals surface area contributed by atoms with Gasteiger partial charge in [0.25, 0.3) is 0 Å². The van der Waals surface area contributed by atoms with Crippen LogP contribution in [0.5, 0.6) is 0 Å². The van der Waals surface area contributed by atoms with Crippen LogP contribution in [0.15, 0.2) is 12.1 Å². The van der Waals surface area contributed by atoms with Gasteiger partial charge in [-0.05, 0) is 19.1 Å². The molecule has 0 spiro atoms. The number of halogens is 3. The summed E-state index contributed by atoms with van der Waals surface area (Å²) in [6.07, 6.45) is 0. The standard InChI is InChI=1S/C13H16Cl3N3O/c1-8-6-17-2-3-19(8)7-12(20)18-13-10(15)4-9(14)5-11(13)16/h4-5,8,17H,2-3,6-7H2,1H3,(H,18,20). The van der Waals surface area contributed by atoms with Crippen LogP contribution in [0.25, 0.3) is 0 Å². The number of carbonyl (C=O) groups is 1. The number of nitrogens with zero attached hydrogens (tertiary/aromatic N) is 1. The van der Waals surface area contributed by atoms with Gasteiger partial charge in [-0.3, -0.25) is 9.69 Å². The van der Waals surface area contributed by atoms with Crippen LogP contribution in [0.3, 0.4) is 0 Å². The van der Waals surface area contributed by atoms with Crippen LogP contribution < -0.4 is 10.6 Å². The van der Waals surface area contributed by atoms with Gasteiger partial charge in [0.05, 0.1) is 22.3 Å². The first-order chi connectivity index (χ1) is 9.47. The predicted molar refractivity (Wildman–Crippen MR) is 84.0 cm³/mol. The Bertz CT molecular complexity index is 487. The van der Waals surface area contributed by atoms with Crippen molar-refractivity contribution in [2.75, 3.05) is 31.5 Å². The molecule has 4 nitrogen and oxygen atoms in total. The zero-order chi connectivity index (χ0) is 14.7. The number of hydrogen-bond donors (Lipinski definition) is 2. The Morgan fingerprint density at radius 3 is 2.65 bits per heavy atom. The summed E-state index contributed by atoms with van der Waals surface area (Å²) in [7, 11) is 0. The molecular weight excluding hydrogens is 321 g/mol. The Morgan fingerprint density at radius 2 is 2.05 bits per heavy atom. The normalized spacial score (nSPS) is 19.9. The van der Waals surface area contributed by atoms with Crippen molar-refractivity contribution in [3.8, 4) is 0 Å². The van der Waals surface area contributed by atoms with Crippen LogP contribution in [0, 0.1) is 0 Å². The fourth-order valence-electron chi connectivity index (χ4n) is 2.14. The minimum Gasteiger partial charge on any atom is -0.322 e. The number of anilines is 1. The molecule has 0 aliphatic carbocycles. The van der Waals surface area contributed by atoms with E-state index in [1.54, 1.807) is 12.1 Å². The van der Waals surface area contributed by atoms with E-state index in [2.05, 4.69) is 22.5 Å². The topological polar surface area (TPSA) is 44.4 Å². The Labute approximate surface area is 133 Å². The molecule has 1 saturated heterocycles. The first-order valence-corrected chi connectivity index (χ1v) is 7.50. The van der Waals surface area contributed by atoms with Crippen molar-refractivity contribution in [1.82, 2.24) is 10.2 Å². The van der Waals surface area contributed by atoms with E-state index in [0.29, 0.717) is 33.3 Å². The van der Waals surface area contributed by atoms with E-state index >= 15 is 0 Å². The fourth-order valence-corrected chi connectivity index (χ4v) is 3.05. The molecule has 1 aromatic rings. The molecule has 1 amide bonds. The van der Waals surface area contributed by atoms with Crippen molar-refractivity contribution in [3.05, 3.63) is 27.2 Å². The van der Waals surface area contributed by atoms with E-state index in [-0.39, 0.29) is 5.91 Å². The lowest BCUT2D eigenvalue weighted by molar-refractivity contribution is -0.118. The van der Waals surface area contributed by atoms with Gasteiger partial charge in [-0.25, -0.2) is 0 Å². The molecule has 1 fully saturated rings. The second-order valence-electron chi connectivity index (χ2n) is 4.82. The van der Waals surface area contributed by atoms with Crippen LogP contribution in [-0.4, -0.2) is 43.0 Å². The van der Waals surface area contributed by atoms with E-state index in [0.717, 1.165) is 19.6 Å². The quantitative estimate of drug-likeness (QED) is 0.892. The van der Waals surface area contributed by atoms with Gasteiger partial charge in [-0.1, -0.05) is 34.8 Å². The predicted octanol–water partition coefficient (Wildman–Crippen LogP) is 2.88. The van der Waals surface area contributed by atoms with Crippen LogP contribution >= 0.6 is 34.8 Å². The highest BCUT2D eigenvalue weighted by Gasteiger charge is 2.21. The highest BCUT2D eigenvalue weighted by molar-refractivity contribution is 6.42. The summed E-state index contributed by atoms with van der Waals surface area (Å²) in [5.74, 6) is -0.134. The SMILES string of the molecule is CC1CNCCN1CC(=O)Nc1c(Cl)cc(Cl)cc1Cl.